The zero-order chi connectivity index (χ0) is 29.4. The summed E-state index contributed by atoms with van der Waals surface area (Å²) in [6.45, 7) is 0.225. The van der Waals surface area contributed by atoms with Gasteiger partial charge in [-0.25, -0.2) is 13.2 Å². The number of benzene rings is 3. The fourth-order valence-corrected chi connectivity index (χ4v) is 5.63. The summed E-state index contributed by atoms with van der Waals surface area (Å²) in [5, 5.41) is 14.2. The molecule has 1 fully saturated rings. The lowest BCUT2D eigenvalue weighted by molar-refractivity contribution is -0.136. The maximum atomic E-state index is 13.6. The Balaban J connectivity index is 1.55. The maximum Gasteiger partial charge on any atom is 0.326 e. The molecule has 0 bridgehead atoms. The molecule has 4 rings (SSSR count). The van der Waals surface area contributed by atoms with Crippen molar-refractivity contribution in [2.75, 3.05) is 23.0 Å². The number of nitrogens with zero attached hydrogens (tertiary/aromatic N) is 1. The molecule has 0 aliphatic heterocycles. The highest BCUT2D eigenvalue weighted by Crippen LogP contribution is 2.33. The highest BCUT2D eigenvalue weighted by molar-refractivity contribution is 7.90. The van der Waals surface area contributed by atoms with Crippen LogP contribution >= 0.6 is 0 Å². The van der Waals surface area contributed by atoms with E-state index in [0.717, 1.165) is 24.7 Å². The molecule has 41 heavy (non-hydrogen) atoms. The van der Waals surface area contributed by atoms with Crippen LogP contribution in [0.1, 0.15) is 65.9 Å². The number of carboxylic acid groups (broad SMARTS) is 1. The largest absolute Gasteiger partial charge is 0.481 e. The lowest BCUT2D eigenvalue weighted by atomic mass is 9.84. The van der Waals surface area contributed by atoms with E-state index in [1.54, 1.807) is 41.3 Å². The van der Waals surface area contributed by atoms with Gasteiger partial charge < -0.3 is 15.7 Å². The van der Waals surface area contributed by atoms with Crippen LogP contribution in [0, 0.1) is 0 Å². The zero-order valence-electron chi connectivity index (χ0n) is 23.0. The number of carbonyl (C=O) groups is 3. The van der Waals surface area contributed by atoms with Crippen LogP contribution in [0.25, 0.3) is 0 Å². The minimum Gasteiger partial charge on any atom is -0.481 e. The van der Waals surface area contributed by atoms with E-state index in [2.05, 4.69) is 22.8 Å². The number of hydrogen-bond donors (Lipinski definition) is 3. The van der Waals surface area contributed by atoms with Gasteiger partial charge in [-0.1, -0.05) is 49.6 Å². The van der Waals surface area contributed by atoms with Crippen molar-refractivity contribution >= 4 is 39.1 Å². The average molecular weight is 578 g/mol. The predicted octanol–water partition coefficient (Wildman–Crippen LogP) is 5.58. The topological polar surface area (TPSA) is 133 Å². The summed E-state index contributed by atoms with van der Waals surface area (Å²) >= 11 is 0. The van der Waals surface area contributed by atoms with E-state index >= 15 is 0 Å². The Labute approximate surface area is 240 Å². The van der Waals surface area contributed by atoms with Crippen LogP contribution in [-0.4, -0.2) is 44.2 Å². The lowest BCUT2D eigenvalue weighted by Gasteiger charge is -2.26. The number of carboxylic acids is 1. The fraction of sp³-hybridized carbons (Fsp3) is 0.323. The molecule has 0 radical (unpaired) electrons. The first-order valence-corrected chi connectivity index (χ1v) is 15.6. The molecular formula is C31H35N3O6S. The van der Waals surface area contributed by atoms with Gasteiger partial charge in [0.25, 0.3) is 5.91 Å². The summed E-state index contributed by atoms with van der Waals surface area (Å²) < 4.78 is 24.0. The van der Waals surface area contributed by atoms with Gasteiger partial charge in [-0.05, 0) is 72.4 Å². The van der Waals surface area contributed by atoms with Crippen molar-refractivity contribution in [2.45, 2.75) is 55.9 Å². The molecule has 10 heteroatoms. The van der Waals surface area contributed by atoms with Crippen molar-refractivity contribution in [3.63, 3.8) is 0 Å². The molecule has 3 amide bonds. The molecule has 0 unspecified atom stereocenters. The minimum absolute atomic E-state index is 0.0290. The van der Waals surface area contributed by atoms with Gasteiger partial charge in [-0.15, -0.1) is 0 Å². The van der Waals surface area contributed by atoms with Gasteiger partial charge in [-0.2, -0.15) is 0 Å². The van der Waals surface area contributed by atoms with E-state index in [9.17, 15) is 22.8 Å². The fourth-order valence-electron chi connectivity index (χ4n) is 4.97. The number of sulfone groups is 1. The molecule has 0 spiro atoms. The number of anilines is 2. The van der Waals surface area contributed by atoms with Crippen molar-refractivity contribution in [1.82, 2.24) is 5.32 Å². The summed E-state index contributed by atoms with van der Waals surface area (Å²) in [4.78, 5) is 38.3. The van der Waals surface area contributed by atoms with Gasteiger partial charge in [0.2, 0.25) is 0 Å². The molecule has 1 aliphatic rings. The van der Waals surface area contributed by atoms with Gasteiger partial charge in [0, 0.05) is 29.7 Å². The Morgan fingerprint density at radius 1 is 0.927 bits per heavy atom. The second-order valence-electron chi connectivity index (χ2n) is 10.3. The van der Waals surface area contributed by atoms with Crippen molar-refractivity contribution < 1.29 is 27.9 Å². The van der Waals surface area contributed by atoms with Crippen LogP contribution in [0.3, 0.4) is 0 Å². The molecule has 1 aliphatic carbocycles. The third-order valence-corrected chi connectivity index (χ3v) is 8.33. The minimum atomic E-state index is -3.45. The van der Waals surface area contributed by atoms with Crippen LogP contribution in [-0.2, 0) is 21.2 Å². The third-order valence-electron chi connectivity index (χ3n) is 7.22. The first-order valence-electron chi connectivity index (χ1n) is 13.7. The molecule has 1 saturated carbocycles. The van der Waals surface area contributed by atoms with Crippen molar-refractivity contribution in [1.29, 1.82) is 0 Å². The summed E-state index contributed by atoms with van der Waals surface area (Å²) in [5.74, 6) is -0.849. The van der Waals surface area contributed by atoms with E-state index in [1.807, 2.05) is 12.1 Å². The number of carbonyl (C=O) groups excluding carboxylic acids is 2. The van der Waals surface area contributed by atoms with E-state index in [-0.39, 0.29) is 30.3 Å². The highest BCUT2D eigenvalue weighted by Gasteiger charge is 2.20. The van der Waals surface area contributed by atoms with Gasteiger partial charge in [0.15, 0.2) is 9.84 Å². The first-order chi connectivity index (χ1) is 19.6. The SMILES string of the molecule is CS(=O)(=O)c1cccc(NC(=O)N(Cc2ccc(C(=O)NCCC(=O)O)cc2)c2ccc(C3CCCCC3)cc2)c1. The molecule has 0 saturated heterocycles. The van der Waals surface area contributed by atoms with Crippen LogP contribution in [0.2, 0.25) is 0 Å². The van der Waals surface area contributed by atoms with Crippen LogP contribution in [0.15, 0.2) is 77.7 Å². The molecule has 216 valence electrons. The maximum absolute atomic E-state index is 13.6. The summed E-state index contributed by atoms with van der Waals surface area (Å²) in [6.07, 6.45) is 6.99. The highest BCUT2D eigenvalue weighted by atomic mass is 32.2. The van der Waals surface area contributed by atoms with Crippen molar-refractivity contribution in [3.05, 3.63) is 89.5 Å². The standard InChI is InChI=1S/C31H35N3O6S/c1-41(39,40)28-9-5-8-26(20-28)33-31(38)34(27-16-14-24(15-17-27)23-6-3-2-4-7-23)21-22-10-12-25(13-11-22)30(37)32-19-18-29(35)36/h5,8-17,20,23H,2-4,6-7,18-19,21H2,1H3,(H,32,37)(H,33,38)(H,35,36). The number of hydrogen-bond acceptors (Lipinski definition) is 5. The van der Waals surface area contributed by atoms with E-state index in [1.165, 1.54) is 37.0 Å². The Hall–Kier alpha value is -4.18. The van der Waals surface area contributed by atoms with Crippen molar-refractivity contribution in [3.8, 4) is 0 Å². The van der Waals surface area contributed by atoms with Crippen LogP contribution < -0.4 is 15.5 Å². The van der Waals surface area contributed by atoms with E-state index in [4.69, 9.17) is 5.11 Å². The molecule has 3 aromatic carbocycles. The lowest BCUT2D eigenvalue weighted by Crippen LogP contribution is -2.34. The van der Waals surface area contributed by atoms with Gasteiger partial charge in [0.1, 0.15) is 0 Å². The number of nitrogens with one attached hydrogen (secondary N) is 2. The second-order valence-corrected chi connectivity index (χ2v) is 12.4. The van der Waals surface area contributed by atoms with Gasteiger partial charge in [-0.3, -0.25) is 14.5 Å². The number of rotatable bonds is 10. The molecular weight excluding hydrogens is 542 g/mol. The van der Waals surface area contributed by atoms with Gasteiger partial charge >= 0.3 is 12.0 Å². The quantitative estimate of drug-likeness (QED) is 0.288. The van der Waals surface area contributed by atoms with E-state index < -0.39 is 21.8 Å². The molecule has 0 atom stereocenters. The smallest absolute Gasteiger partial charge is 0.326 e. The molecule has 3 aromatic rings. The first kappa shape index (κ1) is 29.8. The Morgan fingerprint density at radius 2 is 1.61 bits per heavy atom. The van der Waals surface area contributed by atoms with Gasteiger partial charge in [0.05, 0.1) is 17.9 Å². The average Bonchev–Trinajstić information content (AvgIpc) is 2.96. The molecule has 0 heterocycles. The van der Waals surface area contributed by atoms with Crippen LogP contribution in [0.5, 0.6) is 0 Å². The molecule has 3 N–H and O–H groups in total. The Kier molecular flexibility index (Phi) is 9.78. The Bertz CT molecular complexity index is 1480. The van der Waals surface area contributed by atoms with Crippen LogP contribution in [0.4, 0.5) is 16.2 Å². The molecule has 9 nitrogen and oxygen atoms in total. The number of aliphatic carboxylic acids is 1. The Morgan fingerprint density at radius 3 is 2.24 bits per heavy atom. The van der Waals surface area contributed by atoms with Crippen molar-refractivity contribution in [2.24, 2.45) is 0 Å². The zero-order valence-corrected chi connectivity index (χ0v) is 23.8. The second kappa shape index (κ2) is 13.5. The predicted molar refractivity (Wildman–Crippen MR) is 158 cm³/mol. The summed E-state index contributed by atoms with van der Waals surface area (Å²) in [7, 11) is -3.45. The monoisotopic (exact) mass is 577 g/mol. The number of urea groups is 1. The normalized spacial score (nSPS) is 13.8. The number of amides is 3. The third kappa shape index (κ3) is 8.40. The molecule has 0 aromatic heterocycles. The van der Waals surface area contributed by atoms with E-state index in [0.29, 0.717) is 22.9 Å². The summed E-state index contributed by atoms with van der Waals surface area (Å²) in [6, 6.07) is 20.4. The summed E-state index contributed by atoms with van der Waals surface area (Å²) in [5.41, 5.74) is 3.44.